The Balaban J connectivity index is 1.57. The number of amides is 3. The average molecular weight is 429 g/mol. The molecule has 0 aliphatic carbocycles. The number of rotatable bonds is 5. The highest BCUT2D eigenvalue weighted by atomic mass is 35.5. The summed E-state index contributed by atoms with van der Waals surface area (Å²) in [6, 6.07) is 20.1. The van der Waals surface area contributed by atoms with E-state index in [-0.39, 0.29) is 16.7 Å². The maximum atomic E-state index is 12.1. The van der Waals surface area contributed by atoms with Gasteiger partial charge in [-0.1, -0.05) is 47.5 Å². The number of carbonyl (C=O) groups is 2. The summed E-state index contributed by atoms with van der Waals surface area (Å²) < 4.78 is 5.87. The molecule has 0 aliphatic rings. The smallest absolute Gasteiger partial charge is 0.326 e. The van der Waals surface area contributed by atoms with Crippen LogP contribution in [0.5, 0.6) is 5.75 Å². The highest BCUT2D eigenvalue weighted by molar-refractivity contribution is 6.34. The molecule has 5 nitrogen and oxygen atoms in total. The minimum absolute atomic E-state index is 0.194. The largest absolute Gasteiger partial charge is 0.486 e. The van der Waals surface area contributed by atoms with Crippen LogP contribution in [-0.2, 0) is 0 Å². The summed E-state index contributed by atoms with van der Waals surface area (Å²) in [6.45, 7) is 1.92. The standard InChI is InChI=1S/C22H18Cl2N2O3/c1-14(29-18-12-8-16(23)9-13-18)15-6-10-17(11-7-15)25-22(28)26-21(27)19-4-2-3-5-20(19)24/h2-14H,1H3,(H2,25,26,27,28). The Bertz CT molecular complexity index is 1010. The van der Waals surface area contributed by atoms with Gasteiger partial charge in [0.25, 0.3) is 5.91 Å². The number of hydrogen-bond donors (Lipinski definition) is 2. The molecule has 29 heavy (non-hydrogen) atoms. The van der Waals surface area contributed by atoms with Crippen LogP contribution < -0.4 is 15.4 Å². The minimum Gasteiger partial charge on any atom is -0.486 e. The molecule has 3 amide bonds. The van der Waals surface area contributed by atoms with Crippen LogP contribution in [0.3, 0.4) is 0 Å². The fourth-order valence-corrected chi connectivity index (χ4v) is 2.95. The number of halogens is 2. The summed E-state index contributed by atoms with van der Waals surface area (Å²) in [5.41, 5.74) is 1.70. The van der Waals surface area contributed by atoms with Crippen LogP contribution in [0, 0.1) is 0 Å². The normalized spacial score (nSPS) is 11.4. The second-order valence-corrected chi connectivity index (χ2v) is 7.07. The van der Waals surface area contributed by atoms with Crippen LogP contribution in [-0.4, -0.2) is 11.9 Å². The highest BCUT2D eigenvalue weighted by Crippen LogP contribution is 2.24. The molecule has 3 rings (SSSR count). The number of carbonyl (C=O) groups excluding carboxylic acids is 2. The van der Waals surface area contributed by atoms with E-state index in [4.69, 9.17) is 27.9 Å². The van der Waals surface area contributed by atoms with Gasteiger partial charge in [-0.3, -0.25) is 10.1 Å². The first-order valence-electron chi connectivity index (χ1n) is 8.81. The van der Waals surface area contributed by atoms with Crippen LogP contribution >= 0.6 is 23.2 Å². The lowest BCUT2D eigenvalue weighted by molar-refractivity contribution is 0.0967. The lowest BCUT2D eigenvalue weighted by atomic mass is 10.1. The molecule has 0 spiro atoms. The van der Waals surface area contributed by atoms with Crippen molar-refractivity contribution in [1.82, 2.24) is 5.32 Å². The predicted octanol–water partition coefficient (Wildman–Crippen LogP) is 6.10. The monoisotopic (exact) mass is 428 g/mol. The minimum atomic E-state index is -0.645. The van der Waals surface area contributed by atoms with E-state index in [1.165, 1.54) is 0 Å². The van der Waals surface area contributed by atoms with Gasteiger partial charge in [-0.25, -0.2) is 4.79 Å². The second-order valence-electron chi connectivity index (χ2n) is 6.22. The lowest BCUT2D eigenvalue weighted by Gasteiger charge is -2.16. The Morgan fingerprint density at radius 1 is 0.897 bits per heavy atom. The fourth-order valence-electron chi connectivity index (χ4n) is 2.60. The molecule has 3 aromatic carbocycles. The van der Waals surface area contributed by atoms with Crippen molar-refractivity contribution in [2.75, 3.05) is 5.32 Å². The van der Waals surface area contributed by atoms with Gasteiger partial charge in [0.15, 0.2) is 0 Å². The Kier molecular flexibility index (Phi) is 6.75. The molecule has 0 fully saturated rings. The average Bonchev–Trinajstić information content (AvgIpc) is 2.70. The quantitative estimate of drug-likeness (QED) is 0.515. The Morgan fingerprint density at radius 3 is 2.21 bits per heavy atom. The summed E-state index contributed by atoms with van der Waals surface area (Å²) in [5.74, 6) is 0.135. The summed E-state index contributed by atoms with van der Waals surface area (Å²) >= 11 is 11.8. The zero-order valence-electron chi connectivity index (χ0n) is 15.5. The van der Waals surface area contributed by atoms with Crippen LogP contribution in [0.1, 0.15) is 28.9 Å². The van der Waals surface area contributed by atoms with Gasteiger partial charge in [-0.2, -0.15) is 0 Å². The molecule has 2 N–H and O–H groups in total. The Hall–Kier alpha value is -3.02. The number of imide groups is 1. The van der Waals surface area contributed by atoms with Crippen molar-refractivity contribution in [3.8, 4) is 5.75 Å². The topological polar surface area (TPSA) is 67.4 Å². The van der Waals surface area contributed by atoms with Crippen molar-refractivity contribution in [1.29, 1.82) is 0 Å². The van der Waals surface area contributed by atoms with Gasteiger partial charge in [-0.05, 0) is 61.0 Å². The predicted molar refractivity (Wildman–Crippen MR) is 115 cm³/mol. The van der Waals surface area contributed by atoms with Crippen LogP contribution in [0.2, 0.25) is 10.0 Å². The highest BCUT2D eigenvalue weighted by Gasteiger charge is 2.13. The van der Waals surface area contributed by atoms with E-state index in [1.807, 2.05) is 19.1 Å². The molecule has 0 radical (unpaired) electrons. The fraction of sp³-hybridized carbons (Fsp3) is 0.0909. The molecule has 0 bridgehead atoms. The summed E-state index contributed by atoms with van der Waals surface area (Å²) in [4.78, 5) is 24.2. The SMILES string of the molecule is CC(Oc1ccc(Cl)cc1)c1ccc(NC(=O)NC(=O)c2ccccc2Cl)cc1. The zero-order valence-corrected chi connectivity index (χ0v) is 17.0. The van der Waals surface area contributed by atoms with E-state index in [0.717, 1.165) is 5.56 Å². The van der Waals surface area contributed by atoms with Gasteiger partial charge in [0.2, 0.25) is 0 Å². The van der Waals surface area contributed by atoms with Gasteiger partial charge in [-0.15, -0.1) is 0 Å². The number of urea groups is 1. The van der Waals surface area contributed by atoms with Crippen molar-refractivity contribution in [3.05, 3.63) is 94.0 Å². The zero-order chi connectivity index (χ0) is 20.8. The molecular weight excluding hydrogens is 411 g/mol. The van der Waals surface area contributed by atoms with Gasteiger partial charge >= 0.3 is 6.03 Å². The lowest BCUT2D eigenvalue weighted by Crippen LogP contribution is -2.34. The molecule has 1 unspecified atom stereocenters. The first-order valence-corrected chi connectivity index (χ1v) is 9.57. The maximum Gasteiger partial charge on any atom is 0.326 e. The third kappa shape index (κ3) is 5.73. The van der Waals surface area contributed by atoms with Gasteiger partial charge < -0.3 is 10.1 Å². The van der Waals surface area contributed by atoms with Crippen LogP contribution in [0.4, 0.5) is 10.5 Å². The molecular formula is C22H18Cl2N2O3. The second kappa shape index (κ2) is 9.45. The summed E-state index contributed by atoms with van der Waals surface area (Å²) in [7, 11) is 0. The van der Waals surface area contributed by atoms with E-state index in [2.05, 4.69) is 10.6 Å². The molecule has 3 aromatic rings. The number of nitrogens with one attached hydrogen (secondary N) is 2. The van der Waals surface area contributed by atoms with Crippen molar-refractivity contribution < 1.29 is 14.3 Å². The first-order chi connectivity index (χ1) is 13.9. The first kappa shape index (κ1) is 20.7. The van der Waals surface area contributed by atoms with Crippen molar-refractivity contribution in [3.63, 3.8) is 0 Å². The van der Waals surface area contributed by atoms with Crippen molar-refractivity contribution >= 4 is 40.8 Å². The molecule has 0 heterocycles. The molecule has 0 aliphatic heterocycles. The number of hydrogen-bond acceptors (Lipinski definition) is 3. The maximum absolute atomic E-state index is 12.1. The molecule has 148 valence electrons. The van der Waals surface area contributed by atoms with E-state index in [1.54, 1.807) is 60.7 Å². The molecule has 7 heteroatoms. The molecule has 0 saturated carbocycles. The van der Waals surface area contributed by atoms with Crippen molar-refractivity contribution in [2.45, 2.75) is 13.0 Å². The van der Waals surface area contributed by atoms with Gasteiger partial charge in [0.1, 0.15) is 11.9 Å². The van der Waals surface area contributed by atoms with Gasteiger partial charge in [0.05, 0.1) is 10.6 Å². The van der Waals surface area contributed by atoms with Crippen molar-refractivity contribution in [2.24, 2.45) is 0 Å². The Morgan fingerprint density at radius 2 is 1.55 bits per heavy atom. The van der Waals surface area contributed by atoms with Crippen LogP contribution in [0.25, 0.3) is 0 Å². The number of benzene rings is 3. The van der Waals surface area contributed by atoms with E-state index in [9.17, 15) is 9.59 Å². The molecule has 0 aromatic heterocycles. The Labute approximate surface area is 178 Å². The van der Waals surface area contributed by atoms with E-state index >= 15 is 0 Å². The number of anilines is 1. The van der Waals surface area contributed by atoms with E-state index in [0.29, 0.717) is 16.5 Å². The van der Waals surface area contributed by atoms with Crippen LogP contribution in [0.15, 0.2) is 72.8 Å². The third-order valence-electron chi connectivity index (χ3n) is 4.11. The molecule has 1 atom stereocenters. The number of ether oxygens (including phenoxy) is 1. The summed E-state index contributed by atoms with van der Waals surface area (Å²) in [6.07, 6.45) is -0.194. The van der Waals surface area contributed by atoms with E-state index < -0.39 is 11.9 Å². The molecule has 0 saturated heterocycles. The van der Waals surface area contributed by atoms with Gasteiger partial charge in [0, 0.05) is 10.7 Å². The third-order valence-corrected chi connectivity index (χ3v) is 4.69. The summed E-state index contributed by atoms with van der Waals surface area (Å²) in [5, 5.41) is 5.79.